The SMILES string of the molecule is CCCCOc1ccc(NCCNc2ccccc2OCc2ccccc2)cc1. The molecule has 0 heterocycles. The first-order valence-electron chi connectivity index (χ1n) is 10.3. The molecular formula is C25H30N2O2. The summed E-state index contributed by atoms with van der Waals surface area (Å²) in [4.78, 5) is 0. The van der Waals surface area contributed by atoms with Crippen molar-refractivity contribution in [2.75, 3.05) is 30.3 Å². The lowest BCUT2D eigenvalue weighted by atomic mass is 10.2. The summed E-state index contributed by atoms with van der Waals surface area (Å²) >= 11 is 0. The van der Waals surface area contributed by atoms with Crippen LogP contribution >= 0.6 is 0 Å². The van der Waals surface area contributed by atoms with Crippen LogP contribution in [0.5, 0.6) is 11.5 Å². The van der Waals surface area contributed by atoms with E-state index in [4.69, 9.17) is 9.47 Å². The summed E-state index contributed by atoms with van der Waals surface area (Å²) in [6, 6.07) is 26.4. The number of hydrogen-bond acceptors (Lipinski definition) is 4. The maximum absolute atomic E-state index is 6.00. The molecular weight excluding hydrogens is 360 g/mol. The Morgan fingerprint density at radius 1 is 0.724 bits per heavy atom. The van der Waals surface area contributed by atoms with Gasteiger partial charge in [0, 0.05) is 18.8 Å². The Balaban J connectivity index is 1.42. The van der Waals surface area contributed by atoms with Crippen molar-refractivity contribution >= 4 is 11.4 Å². The van der Waals surface area contributed by atoms with Gasteiger partial charge in [0.05, 0.1) is 12.3 Å². The van der Waals surface area contributed by atoms with Crippen LogP contribution in [0.3, 0.4) is 0 Å². The average Bonchev–Trinajstić information content (AvgIpc) is 2.78. The monoisotopic (exact) mass is 390 g/mol. The molecule has 0 aliphatic heterocycles. The van der Waals surface area contributed by atoms with Crippen molar-refractivity contribution in [3.8, 4) is 11.5 Å². The third-order valence-electron chi connectivity index (χ3n) is 4.51. The van der Waals surface area contributed by atoms with E-state index in [9.17, 15) is 0 Å². The number of unbranched alkanes of at least 4 members (excludes halogenated alkanes) is 1. The Hall–Kier alpha value is -3.14. The highest BCUT2D eigenvalue weighted by molar-refractivity contribution is 5.56. The predicted octanol–water partition coefficient (Wildman–Crippen LogP) is 5.97. The Kier molecular flexibility index (Phi) is 8.27. The van der Waals surface area contributed by atoms with Gasteiger partial charge in [-0.3, -0.25) is 0 Å². The first-order chi connectivity index (χ1) is 14.3. The molecule has 0 saturated heterocycles. The van der Waals surface area contributed by atoms with Gasteiger partial charge in [0.25, 0.3) is 0 Å². The normalized spacial score (nSPS) is 10.4. The fraction of sp³-hybridized carbons (Fsp3) is 0.280. The zero-order valence-electron chi connectivity index (χ0n) is 17.1. The molecule has 152 valence electrons. The van der Waals surface area contributed by atoms with E-state index in [1.54, 1.807) is 0 Å². The van der Waals surface area contributed by atoms with E-state index < -0.39 is 0 Å². The highest BCUT2D eigenvalue weighted by atomic mass is 16.5. The van der Waals surface area contributed by atoms with E-state index >= 15 is 0 Å². The number of para-hydroxylation sites is 2. The molecule has 0 fully saturated rings. The molecule has 0 saturated carbocycles. The number of benzene rings is 3. The number of rotatable bonds is 12. The van der Waals surface area contributed by atoms with Crippen molar-refractivity contribution in [1.82, 2.24) is 0 Å². The average molecular weight is 391 g/mol. The Morgan fingerprint density at radius 3 is 2.24 bits per heavy atom. The van der Waals surface area contributed by atoms with Gasteiger partial charge in [-0.15, -0.1) is 0 Å². The van der Waals surface area contributed by atoms with Crippen LogP contribution in [0.15, 0.2) is 78.9 Å². The van der Waals surface area contributed by atoms with Crippen molar-refractivity contribution in [2.45, 2.75) is 26.4 Å². The summed E-state index contributed by atoms with van der Waals surface area (Å²) in [5, 5.41) is 6.88. The molecule has 0 aromatic heterocycles. The second-order valence-electron chi connectivity index (χ2n) is 6.85. The van der Waals surface area contributed by atoms with Gasteiger partial charge in [0.1, 0.15) is 18.1 Å². The molecule has 3 aromatic rings. The molecule has 2 N–H and O–H groups in total. The number of ether oxygens (including phenoxy) is 2. The summed E-state index contributed by atoms with van der Waals surface area (Å²) < 4.78 is 11.7. The summed E-state index contributed by atoms with van der Waals surface area (Å²) in [6.07, 6.45) is 2.23. The largest absolute Gasteiger partial charge is 0.494 e. The minimum Gasteiger partial charge on any atom is -0.494 e. The molecule has 0 amide bonds. The van der Waals surface area contributed by atoms with Gasteiger partial charge in [-0.2, -0.15) is 0 Å². The quantitative estimate of drug-likeness (QED) is 0.374. The van der Waals surface area contributed by atoms with Gasteiger partial charge in [-0.05, 0) is 48.4 Å². The fourth-order valence-electron chi connectivity index (χ4n) is 2.88. The molecule has 3 rings (SSSR count). The molecule has 0 aliphatic carbocycles. The molecule has 0 unspecified atom stereocenters. The first kappa shape index (κ1) is 20.6. The topological polar surface area (TPSA) is 42.5 Å². The summed E-state index contributed by atoms with van der Waals surface area (Å²) in [5.41, 5.74) is 3.25. The van der Waals surface area contributed by atoms with E-state index in [1.807, 2.05) is 54.6 Å². The van der Waals surface area contributed by atoms with Crippen LogP contribution in [0.25, 0.3) is 0 Å². The molecule has 29 heavy (non-hydrogen) atoms. The van der Waals surface area contributed by atoms with Crippen molar-refractivity contribution in [3.05, 3.63) is 84.4 Å². The zero-order chi connectivity index (χ0) is 20.2. The van der Waals surface area contributed by atoms with E-state index in [-0.39, 0.29) is 0 Å². The second kappa shape index (κ2) is 11.6. The lowest BCUT2D eigenvalue weighted by molar-refractivity contribution is 0.307. The van der Waals surface area contributed by atoms with Gasteiger partial charge in [-0.25, -0.2) is 0 Å². The maximum atomic E-state index is 6.00. The van der Waals surface area contributed by atoms with Crippen LogP contribution in [0, 0.1) is 0 Å². The third-order valence-corrected chi connectivity index (χ3v) is 4.51. The van der Waals surface area contributed by atoms with E-state index in [2.05, 4.69) is 41.8 Å². The lowest BCUT2D eigenvalue weighted by Crippen LogP contribution is -2.14. The third kappa shape index (κ3) is 7.07. The number of anilines is 2. The minimum absolute atomic E-state index is 0.560. The maximum Gasteiger partial charge on any atom is 0.142 e. The molecule has 3 aromatic carbocycles. The van der Waals surface area contributed by atoms with Gasteiger partial charge < -0.3 is 20.1 Å². The number of hydrogen-bond donors (Lipinski definition) is 2. The molecule has 0 bridgehead atoms. The van der Waals surface area contributed by atoms with Crippen LogP contribution in [-0.2, 0) is 6.61 Å². The van der Waals surface area contributed by atoms with Gasteiger partial charge >= 0.3 is 0 Å². The summed E-state index contributed by atoms with van der Waals surface area (Å²) in [5.74, 6) is 1.79. The minimum atomic E-state index is 0.560. The van der Waals surface area contributed by atoms with Crippen LogP contribution in [-0.4, -0.2) is 19.7 Å². The van der Waals surface area contributed by atoms with Gasteiger partial charge in [0.2, 0.25) is 0 Å². The molecule has 0 atom stereocenters. The van der Waals surface area contributed by atoms with Crippen LogP contribution in [0.4, 0.5) is 11.4 Å². The smallest absolute Gasteiger partial charge is 0.142 e. The fourth-order valence-corrected chi connectivity index (χ4v) is 2.88. The van der Waals surface area contributed by atoms with Crippen LogP contribution in [0.1, 0.15) is 25.3 Å². The molecule has 4 nitrogen and oxygen atoms in total. The standard InChI is InChI=1S/C25H30N2O2/c1-2-3-19-28-23-15-13-22(14-16-23)26-17-18-27-24-11-7-8-12-25(24)29-20-21-9-5-4-6-10-21/h4-16,26-27H,2-3,17-20H2,1H3. The molecule has 4 heteroatoms. The number of nitrogens with one attached hydrogen (secondary N) is 2. The first-order valence-corrected chi connectivity index (χ1v) is 10.3. The van der Waals surface area contributed by atoms with E-state index in [0.29, 0.717) is 6.61 Å². The zero-order valence-corrected chi connectivity index (χ0v) is 17.1. The van der Waals surface area contributed by atoms with Crippen molar-refractivity contribution in [1.29, 1.82) is 0 Å². The van der Waals surface area contributed by atoms with E-state index in [0.717, 1.165) is 61.0 Å². The second-order valence-corrected chi connectivity index (χ2v) is 6.85. The molecule has 0 aliphatic rings. The summed E-state index contributed by atoms with van der Waals surface area (Å²) in [6.45, 7) is 5.10. The Morgan fingerprint density at radius 2 is 1.45 bits per heavy atom. The van der Waals surface area contributed by atoms with Crippen LogP contribution in [0.2, 0.25) is 0 Å². The predicted molar refractivity (Wildman–Crippen MR) is 121 cm³/mol. The van der Waals surface area contributed by atoms with Crippen molar-refractivity contribution in [3.63, 3.8) is 0 Å². The van der Waals surface area contributed by atoms with E-state index in [1.165, 1.54) is 0 Å². The molecule has 0 spiro atoms. The highest BCUT2D eigenvalue weighted by Crippen LogP contribution is 2.24. The Labute approximate surface area is 173 Å². The molecule has 0 radical (unpaired) electrons. The highest BCUT2D eigenvalue weighted by Gasteiger charge is 2.03. The van der Waals surface area contributed by atoms with Gasteiger partial charge in [0.15, 0.2) is 0 Å². The van der Waals surface area contributed by atoms with Crippen molar-refractivity contribution < 1.29 is 9.47 Å². The Bertz CT molecular complexity index is 835. The van der Waals surface area contributed by atoms with Crippen molar-refractivity contribution in [2.24, 2.45) is 0 Å². The van der Waals surface area contributed by atoms with Gasteiger partial charge in [-0.1, -0.05) is 55.8 Å². The lowest BCUT2D eigenvalue weighted by Gasteiger charge is -2.14. The summed E-state index contributed by atoms with van der Waals surface area (Å²) in [7, 11) is 0. The van der Waals surface area contributed by atoms with Crippen LogP contribution < -0.4 is 20.1 Å².